The number of amides is 2. The van der Waals surface area contributed by atoms with Crippen LogP contribution in [-0.4, -0.2) is 24.9 Å². The molecular weight excluding hydrogens is 302 g/mol. The van der Waals surface area contributed by atoms with E-state index in [9.17, 15) is 9.59 Å². The van der Waals surface area contributed by atoms with Crippen molar-refractivity contribution in [1.82, 2.24) is 5.32 Å². The first-order valence-electron chi connectivity index (χ1n) is 8.01. The van der Waals surface area contributed by atoms with Gasteiger partial charge in [0.05, 0.1) is 0 Å². The summed E-state index contributed by atoms with van der Waals surface area (Å²) in [6.45, 7) is 4.58. The van der Waals surface area contributed by atoms with Gasteiger partial charge in [-0.05, 0) is 30.2 Å². The number of urea groups is 1. The van der Waals surface area contributed by atoms with Gasteiger partial charge in [-0.2, -0.15) is 0 Å². The smallest absolute Gasteiger partial charge is 0.319 e. The van der Waals surface area contributed by atoms with Crippen molar-refractivity contribution in [2.75, 3.05) is 17.2 Å². The first-order valence-corrected chi connectivity index (χ1v) is 8.01. The van der Waals surface area contributed by atoms with E-state index in [2.05, 4.69) is 29.8 Å². The summed E-state index contributed by atoms with van der Waals surface area (Å²) in [5.74, 6) is 0.279. The third-order valence-corrected chi connectivity index (χ3v) is 3.75. The summed E-state index contributed by atoms with van der Waals surface area (Å²) in [5, 5.41) is 9.00. The van der Waals surface area contributed by atoms with E-state index in [-0.39, 0.29) is 18.0 Å². The molecule has 0 spiro atoms. The van der Waals surface area contributed by atoms with Crippen molar-refractivity contribution in [1.29, 1.82) is 0 Å². The Balaban J connectivity index is 1.94. The summed E-state index contributed by atoms with van der Waals surface area (Å²) in [6.07, 6.45) is 0.829. The van der Waals surface area contributed by atoms with Gasteiger partial charge < -0.3 is 16.0 Å². The summed E-state index contributed by atoms with van der Waals surface area (Å²) < 4.78 is 0. The summed E-state index contributed by atoms with van der Waals surface area (Å²) in [6, 6.07) is 16.4. The van der Waals surface area contributed by atoms with E-state index in [0.717, 1.165) is 17.7 Å². The number of carbonyl (C=O) groups is 2. The van der Waals surface area contributed by atoms with Crippen molar-refractivity contribution >= 4 is 23.7 Å². The molecule has 5 heteroatoms. The maximum atomic E-state index is 12.0. The molecular formula is C19H23N3O2. The number of nitrogens with one attached hydrogen (secondary N) is 3. The highest BCUT2D eigenvalue weighted by Crippen LogP contribution is 2.16. The molecule has 0 heterocycles. The maximum Gasteiger partial charge on any atom is 0.319 e. The minimum absolute atomic E-state index is 0.00706. The second-order valence-corrected chi connectivity index (χ2v) is 5.90. The molecule has 24 heavy (non-hydrogen) atoms. The Morgan fingerprint density at radius 3 is 2.38 bits per heavy atom. The van der Waals surface area contributed by atoms with Crippen LogP contribution in [-0.2, 0) is 0 Å². The van der Waals surface area contributed by atoms with E-state index in [1.807, 2.05) is 48.5 Å². The van der Waals surface area contributed by atoms with Crippen LogP contribution in [0.25, 0.3) is 0 Å². The number of aldehydes is 1. The zero-order valence-electron chi connectivity index (χ0n) is 14.0. The highest BCUT2D eigenvalue weighted by atomic mass is 16.2. The van der Waals surface area contributed by atoms with E-state index in [0.29, 0.717) is 12.1 Å². The molecule has 2 aromatic rings. The van der Waals surface area contributed by atoms with E-state index in [4.69, 9.17) is 0 Å². The molecule has 0 aliphatic heterocycles. The lowest BCUT2D eigenvalue weighted by atomic mass is 10.0. The number of hydrogen-bond donors (Lipinski definition) is 3. The van der Waals surface area contributed by atoms with Crippen LogP contribution in [0.15, 0.2) is 54.6 Å². The second kappa shape index (κ2) is 8.72. The van der Waals surface area contributed by atoms with Gasteiger partial charge in [-0.1, -0.05) is 44.2 Å². The molecule has 0 radical (unpaired) electrons. The molecule has 1 atom stereocenters. The summed E-state index contributed by atoms with van der Waals surface area (Å²) in [5.41, 5.74) is 2.13. The van der Waals surface area contributed by atoms with Crippen LogP contribution in [0.5, 0.6) is 0 Å². The lowest BCUT2D eigenvalue weighted by Crippen LogP contribution is -2.41. The van der Waals surface area contributed by atoms with Crippen molar-refractivity contribution in [3.05, 3.63) is 60.2 Å². The molecule has 0 aliphatic rings. The summed E-state index contributed by atoms with van der Waals surface area (Å²) in [4.78, 5) is 23.1. The van der Waals surface area contributed by atoms with Crippen LogP contribution >= 0.6 is 0 Å². The normalized spacial score (nSPS) is 11.6. The number of para-hydroxylation sites is 2. The zero-order chi connectivity index (χ0) is 17.4. The Morgan fingerprint density at radius 2 is 1.71 bits per heavy atom. The fourth-order valence-electron chi connectivity index (χ4n) is 2.28. The summed E-state index contributed by atoms with van der Waals surface area (Å²) in [7, 11) is 0. The fourth-order valence-corrected chi connectivity index (χ4v) is 2.28. The lowest BCUT2D eigenvalue weighted by Gasteiger charge is -2.24. The molecule has 0 bridgehead atoms. The highest BCUT2D eigenvalue weighted by molar-refractivity contribution is 5.89. The molecule has 0 saturated heterocycles. The SMILES string of the molecule is CC(C)C(CNC(=O)Nc1ccccc1)Nc1ccccc1C=O. The average molecular weight is 325 g/mol. The Morgan fingerprint density at radius 1 is 1.04 bits per heavy atom. The van der Waals surface area contributed by atoms with Crippen molar-refractivity contribution in [2.24, 2.45) is 5.92 Å². The largest absolute Gasteiger partial charge is 0.380 e. The van der Waals surface area contributed by atoms with Gasteiger partial charge in [0.1, 0.15) is 0 Å². The molecule has 0 aromatic heterocycles. The molecule has 0 aliphatic carbocycles. The quantitative estimate of drug-likeness (QED) is 0.679. The number of anilines is 2. The van der Waals surface area contributed by atoms with Crippen molar-refractivity contribution in [3.63, 3.8) is 0 Å². The molecule has 5 nitrogen and oxygen atoms in total. The number of rotatable bonds is 7. The highest BCUT2D eigenvalue weighted by Gasteiger charge is 2.15. The molecule has 2 aromatic carbocycles. The third kappa shape index (κ3) is 5.12. The lowest BCUT2D eigenvalue weighted by molar-refractivity contribution is 0.112. The van der Waals surface area contributed by atoms with Gasteiger partial charge in [0, 0.05) is 29.5 Å². The van der Waals surface area contributed by atoms with Gasteiger partial charge in [-0.3, -0.25) is 4.79 Å². The minimum Gasteiger partial charge on any atom is -0.380 e. The van der Waals surface area contributed by atoms with Crippen LogP contribution < -0.4 is 16.0 Å². The topological polar surface area (TPSA) is 70.2 Å². The summed E-state index contributed by atoms with van der Waals surface area (Å²) >= 11 is 0. The minimum atomic E-state index is -0.252. The van der Waals surface area contributed by atoms with E-state index < -0.39 is 0 Å². The zero-order valence-corrected chi connectivity index (χ0v) is 14.0. The molecule has 3 N–H and O–H groups in total. The molecule has 126 valence electrons. The van der Waals surface area contributed by atoms with Crippen molar-refractivity contribution in [2.45, 2.75) is 19.9 Å². The predicted molar refractivity (Wildman–Crippen MR) is 97.5 cm³/mol. The third-order valence-electron chi connectivity index (χ3n) is 3.75. The maximum absolute atomic E-state index is 12.0. The second-order valence-electron chi connectivity index (χ2n) is 5.90. The fraction of sp³-hybridized carbons (Fsp3) is 0.263. The Kier molecular flexibility index (Phi) is 6.37. The van der Waals surface area contributed by atoms with Crippen LogP contribution in [0.2, 0.25) is 0 Å². The van der Waals surface area contributed by atoms with Crippen LogP contribution in [0.1, 0.15) is 24.2 Å². The molecule has 1 unspecified atom stereocenters. The Bertz CT molecular complexity index is 671. The van der Waals surface area contributed by atoms with Crippen molar-refractivity contribution < 1.29 is 9.59 Å². The monoisotopic (exact) mass is 325 g/mol. The van der Waals surface area contributed by atoms with E-state index >= 15 is 0 Å². The van der Waals surface area contributed by atoms with Gasteiger partial charge in [0.25, 0.3) is 0 Å². The number of benzene rings is 2. The van der Waals surface area contributed by atoms with Crippen LogP contribution in [0.3, 0.4) is 0 Å². The molecule has 0 saturated carbocycles. The molecule has 2 amide bonds. The van der Waals surface area contributed by atoms with Gasteiger partial charge in [0.2, 0.25) is 0 Å². The van der Waals surface area contributed by atoms with Crippen molar-refractivity contribution in [3.8, 4) is 0 Å². The Hall–Kier alpha value is -2.82. The van der Waals surface area contributed by atoms with Gasteiger partial charge in [0.15, 0.2) is 6.29 Å². The van der Waals surface area contributed by atoms with Gasteiger partial charge in [-0.25, -0.2) is 4.79 Å². The average Bonchev–Trinajstić information content (AvgIpc) is 2.59. The standard InChI is InChI=1S/C19H23N3O2/c1-14(2)18(22-17-11-7-6-8-15(17)13-23)12-20-19(24)21-16-9-4-3-5-10-16/h3-11,13-14,18,22H,12H2,1-2H3,(H2,20,21,24). The first kappa shape index (κ1) is 17.5. The molecule has 2 rings (SSSR count). The Labute approximate surface area is 142 Å². The van der Waals surface area contributed by atoms with Crippen LogP contribution in [0.4, 0.5) is 16.2 Å². The van der Waals surface area contributed by atoms with Crippen LogP contribution in [0, 0.1) is 5.92 Å². The van der Waals surface area contributed by atoms with Gasteiger partial charge in [-0.15, -0.1) is 0 Å². The van der Waals surface area contributed by atoms with E-state index in [1.54, 1.807) is 6.07 Å². The number of hydrogen-bond acceptors (Lipinski definition) is 3. The molecule has 0 fully saturated rings. The number of carbonyl (C=O) groups excluding carboxylic acids is 2. The van der Waals surface area contributed by atoms with E-state index in [1.165, 1.54) is 0 Å². The first-order chi connectivity index (χ1) is 11.6. The predicted octanol–water partition coefficient (Wildman–Crippen LogP) is 3.76. The van der Waals surface area contributed by atoms with Gasteiger partial charge >= 0.3 is 6.03 Å².